The molecule has 4 rings (SSSR count). The van der Waals surface area contributed by atoms with Gasteiger partial charge >= 0.3 is 0 Å². The molecule has 0 radical (unpaired) electrons. The Morgan fingerprint density at radius 2 is 1.59 bits per heavy atom. The standard InChI is InChI=1S/C32H36N4S/c1-9-21(4)18-29-19-36(24(7)35-33-8)32-30(22(5)23(6)37-32)31(34-29)28-16-14-27(15-17-28)26-12-10-25(11-13-26)20(2)3/h10-17,29H,2,4,8-9,18-19H2,1,3,5-7H3/b35-24-. The smallest absolute Gasteiger partial charge is 0.129 e. The quantitative estimate of drug-likeness (QED) is 0.136. The molecule has 5 heteroatoms. The molecular weight excluding hydrogens is 472 g/mol. The highest BCUT2D eigenvalue weighted by Gasteiger charge is 2.30. The second-order valence-corrected chi connectivity index (χ2v) is 10.9. The fourth-order valence-electron chi connectivity index (χ4n) is 4.67. The van der Waals surface area contributed by atoms with E-state index in [2.05, 4.69) is 104 Å². The van der Waals surface area contributed by atoms with Crippen molar-refractivity contribution in [1.29, 1.82) is 0 Å². The molecule has 0 N–H and O–H groups in total. The van der Waals surface area contributed by atoms with Crippen molar-refractivity contribution < 1.29 is 0 Å². The fourth-order valence-corrected chi connectivity index (χ4v) is 5.88. The fraction of sp³-hybridized carbons (Fsp3) is 0.281. The molecule has 37 heavy (non-hydrogen) atoms. The van der Waals surface area contributed by atoms with E-state index in [9.17, 15) is 0 Å². The molecule has 0 bridgehead atoms. The van der Waals surface area contributed by atoms with Gasteiger partial charge in [-0.2, -0.15) is 5.10 Å². The predicted octanol–water partition coefficient (Wildman–Crippen LogP) is 8.48. The van der Waals surface area contributed by atoms with Gasteiger partial charge in [-0.1, -0.05) is 79.8 Å². The molecule has 3 aromatic rings. The number of thiophene rings is 1. The number of aliphatic imine (C=N–C) groups is 1. The highest BCUT2D eigenvalue weighted by atomic mass is 32.1. The first-order valence-electron chi connectivity index (χ1n) is 12.7. The molecule has 0 spiro atoms. The molecule has 0 saturated carbocycles. The van der Waals surface area contributed by atoms with Crippen LogP contribution in [0.15, 0.2) is 82.5 Å². The molecule has 0 saturated heterocycles. The van der Waals surface area contributed by atoms with Crippen LogP contribution in [0.25, 0.3) is 16.7 Å². The minimum atomic E-state index is 0.0612. The molecule has 0 amide bonds. The lowest BCUT2D eigenvalue weighted by Gasteiger charge is -2.24. The lowest BCUT2D eigenvalue weighted by Crippen LogP contribution is -2.34. The average Bonchev–Trinajstić information content (AvgIpc) is 3.09. The normalized spacial score (nSPS) is 15.6. The van der Waals surface area contributed by atoms with E-state index in [1.807, 2.05) is 13.8 Å². The average molecular weight is 509 g/mol. The molecule has 1 atom stereocenters. The number of nitrogens with zero attached hydrogens (tertiary/aromatic N) is 4. The van der Waals surface area contributed by atoms with E-state index in [0.717, 1.165) is 42.1 Å². The summed E-state index contributed by atoms with van der Waals surface area (Å²) in [6, 6.07) is 17.4. The maximum atomic E-state index is 5.39. The van der Waals surface area contributed by atoms with E-state index >= 15 is 0 Å². The van der Waals surface area contributed by atoms with Gasteiger partial charge in [-0.05, 0) is 62.8 Å². The summed E-state index contributed by atoms with van der Waals surface area (Å²) in [6.45, 7) is 23.2. The topological polar surface area (TPSA) is 40.3 Å². The van der Waals surface area contributed by atoms with E-state index in [0.29, 0.717) is 0 Å². The first-order chi connectivity index (χ1) is 17.7. The van der Waals surface area contributed by atoms with Crippen molar-refractivity contribution in [3.63, 3.8) is 0 Å². The summed E-state index contributed by atoms with van der Waals surface area (Å²) >= 11 is 1.79. The monoisotopic (exact) mass is 508 g/mol. The van der Waals surface area contributed by atoms with Crippen molar-refractivity contribution in [2.45, 2.75) is 53.5 Å². The third-order valence-electron chi connectivity index (χ3n) is 7.05. The molecule has 0 fully saturated rings. The van der Waals surface area contributed by atoms with Crippen molar-refractivity contribution in [3.8, 4) is 11.1 Å². The number of aryl methyl sites for hydroxylation is 1. The molecule has 2 aromatic carbocycles. The molecule has 190 valence electrons. The molecular formula is C32H36N4S. The number of amidine groups is 1. The Morgan fingerprint density at radius 3 is 2.16 bits per heavy atom. The van der Waals surface area contributed by atoms with Gasteiger partial charge < -0.3 is 4.90 Å². The van der Waals surface area contributed by atoms with Crippen molar-refractivity contribution in [2.75, 3.05) is 11.4 Å². The summed E-state index contributed by atoms with van der Waals surface area (Å²) in [7, 11) is 0. The number of rotatable bonds is 7. The highest BCUT2D eigenvalue weighted by molar-refractivity contribution is 7.17. The number of fused-ring (bicyclic) bond motifs is 1. The summed E-state index contributed by atoms with van der Waals surface area (Å²) in [6.07, 6.45) is 1.78. The summed E-state index contributed by atoms with van der Waals surface area (Å²) in [5.41, 5.74) is 10.4. The van der Waals surface area contributed by atoms with Crippen LogP contribution in [0.1, 0.15) is 60.7 Å². The lowest BCUT2D eigenvalue weighted by molar-refractivity contribution is 0.666. The first-order valence-corrected chi connectivity index (χ1v) is 13.5. The second-order valence-electron chi connectivity index (χ2n) is 9.74. The second kappa shape index (κ2) is 11.2. The van der Waals surface area contributed by atoms with Crippen LogP contribution in [-0.2, 0) is 0 Å². The number of allylic oxidation sites excluding steroid dienone is 1. The molecule has 1 aliphatic rings. The first kappa shape index (κ1) is 26.5. The summed E-state index contributed by atoms with van der Waals surface area (Å²) in [4.78, 5) is 8.93. The highest BCUT2D eigenvalue weighted by Crippen LogP contribution is 2.40. The molecule has 2 heterocycles. The van der Waals surface area contributed by atoms with Gasteiger partial charge in [-0.15, -0.1) is 16.4 Å². The van der Waals surface area contributed by atoms with Crippen LogP contribution in [0, 0.1) is 13.8 Å². The lowest BCUT2D eigenvalue weighted by atomic mass is 9.96. The van der Waals surface area contributed by atoms with Gasteiger partial charge in [-0.25, -0.2) is 0 Å². The Balaban J connectivity index is 1.81. The number of hydrogen-bond donors (Lipinski definition) is 0. The Morgan fingerprint density at radius 1 is 1.00 bits per heavy atom. The maximum Gasteiger partial charge on any atom is 0.129 e. The maximum absolute atomic E-state index is 5.39. The van der Waals surface area contributed by atoms with Gasteiger partial charge in [0.25, 0.3) is 0 Å². The van der Waals surface area contributed by atoms with E-state index in [4.69, 9.17) is 4.99 Å². The number of hydrogen-bond acceptors (Lipinski definition) is 4. The number of benzene rings is 2. The van der Waals surface area contributed by atoms with Crippen molar-refractivity contribution in [1.82, 2.24) is 0 Å². The minimum Gasteiger partial charge on any atom is -0.317 e. The van der Waals surface area contributed by atoms with Crippen LogP contribution in [0.4, 0.5) is 5.00 Å². The van der Waals surface area contributed by atoms with Gasteiger partial charge in [0.15, 0.2) is 0 Å². The molecule has 1 aromatic heterocycles. The van der Waals surface area contributed by atoms with Gasteiger partial charge in [0.1, 0.15) is 10.8 Å². The predicted molar refractivity (Wildman–Crippen MR) is 164 cm³/mol. The zero-order valence-electron chi connectivity index (χ0n) is 22.6. The van der Waals surface area contributed by atoms with Crippen LogP contribution >= 0.6 is 11.3 Å². The SMILES string of the molecule is C=N/N=C(/C)N1CC(CC(=C)CC)N=C(c2ccc(-c3ccc(C(=C)C)cc3)cc2)c2c1sc(C)c2C. The summed E-state index contributed by atoms with van der Waals surface area (Å²) < 4.78 is 0. The Bertz CT molecular complexity index is 1390. The third kappa shape index (κ3) is 5.57. The zero-order chi connectivity index (χ0) is 26.7. The largest absolute Gasteiger partial charge is 0.317 e. The molecule has 1 aliphatic heterocycles. The van der Waals surface area contributed by atoms with Crippen molar-refractivity contribution in [3.05, 3.63) is 94.4 Å². The Labute approximate surface area is 225 Å². The third-order valence-corrected chi connectivity index (χ3v) is 8.28. The van der Waals surface area contributed by atoms with Crippen LogP contribution in [-0.4, -0.2) is 30.9 Å². The van der Waals surface area contributed by atoms with Crippen molar-refractivity contribution in [2.24, 2.45) is 15.2 Å². The van der Waals surface area contributed by atoms with Crippen molar-refractivity contribution >= 4 is 40.2 Å². The van der Waals surface area contributed by atoms with Crippen LogP contribution < -0.4 is 4.90 Å². The van der Waals surface area contributed by atoms with Gasteiger partial charge in [-0.3, -0.25) is 4.99 Å². The van der Waals surface area contributed by atoms with Crippen LogP contribution in [0.5, 0.6) is 0 Å². The molecule has 4 nitrogen and oxygen atoms in total. The van der Waals surface area contributed by atoms with Gasteiger partial charge in [0.05, 0.1) is 11.8 Å². The van der Waals surface area contributed by atoms with E-state index in [1.165, 1.54) is 43.3 Å². The Kier molecular flexibility index (Phi) is 8.03. The minimum absolute atomic E-state index is 0.0612. The summed E-state index contributed by atoms with van der Waals surface area (Å²) in [5, 5.41) is 9.29. The van der Waals surface area contributed by atoms with E-state index in [1.54, 1.807) is 11.3 Å². The zero-order valence-corrected chi connectivity index (χ0v) is 23.5. The van der Waals surface area contributed by atoms with Crippen LogP contribution in [0.2, 0.25) is 0 Å². The van der Waals surface area contributed by atoms with E-state index < -0.39 is 0 Å². The van der Waals surface area contributed by atoms with Crippen LogP contribution in [0.3, 0.4) is 0 Å². The van der Waals surface area contributed by atoms with Gasteiger partial charge in [0.2, 0.25) is 0 Å². The Hall–Kier alpha value is -3.57. The molecule has 1 unspecified atom stereocenters. The van der Waals surface area contributed by atoms with E-state index in [-0.39, 0.29) is 6.04 Å². The molecule has 0 aliphatic carbocycles. The summed E-state index contributed by atoms with van der Waals surface area (Å²) in [5.74, 6) is 0.828. The van der Waals surface area contributed by atoms with Gasteiger partial charge in [0, 0.05) is 29.3 Å². The number of anilines is 1.